The average molecular weight is 254 g/mol. The number of hydrogen-bond donors (Lipinski definition) is 2. The van der Waals surface area contributed by atoms with Crippen LogP contribution in [0.25, 0.3) is 0 Å². The molecule has 7 heteroatoms. The predicted molar refractivity (Wildman–Crippen MR) is 65.0 cm³/mol. The summed E-state index contributed by atoms with van der Waals surface area (Å²) in [6.07, 6.45) is 3.19. The summed E-state index contributed by atoms with van der Waals surface area (Å²) < 4.78 is 1.39. The molecule has 2 rings (SSSR count). The van der Waals surface area contributed by atoms with E-state index in [1.165, 1.54) is 23.5 Å². The molecule has 0 saturated heterocycles. The molecule has 7 nitrogen and oxygen atoms in total. The molecule has 0 radical (unpaired) electrons. The van der Waals surface area contributed by atoms with Gasteiger partial charge < -0.3 is 10.4 Å². The van der Waals surface area contributed by atoms with Crippen molar-refractivity contribution in [3.05, 3.63) is 22.5 Å². The molecular formula is C11H18N4O3. The monoisotopic (exact) mass is 254 g/mol. The van der Waals surface area contributed by atoms with Crippen LogP contribution in [0.5, 0.6) is 0 Å². The van der Waals surface area contributed by atoms with Crippen molar-refractivity contribution in [3.8, 4) is 0 Å². The van der Waals surface area contributed by atoms with Crippen molar-refractivity contribution < 1.29 is 10.0 Å². The number of nitro groups is 1. The molecule has 1 heterocycles. The molecule has 18 heavy (non-hydrogen) atoms. The van der Waals surface area contributed by atoms with Gasteiger partial charge in [-0.2, -0.15) is 5.10 Å². The maximum absolute atomic E-state index is 10.5. The summed E-state index contributed by atoms with van der Waals surface area (Å²) in [5.41, 5.74) is -0.0537. The predicted octanol–water partition coefficient (Wildman–Crippen LogP) is 0.398. The summed E-state index contributed by atoms with van der Waals surface area (Å²) in [5, 5.41) is 27.3. The lowest BCUT2D eigenvalue weighted by Gasteiger charge is -2.11. The number of rotatable bonds is 7. The summed E-state index contributed by atoms with van der Waals surface area (Å²) in [6.45, 7) is 3.89. The Hall–Kier alpha value is -1.47. The van der Waals surface area contributed by atoms with Gasteiger partial charge in [0.25, 0.3) is 0 Å². The maximum Gasteiger partial charge on any atom is 0.306 e. The van der Waals surface area contributed by atoms with E-state index in [2.05, 4.69) is 17.3 Å². The second kappa shape index (κ2) is 5.45. The third-order valence-corrected chi connectivity index (χ3v) is 3.29. The number of nitrogens with zero attached hydrogens (tertiary/aromatic N) is 3. The minimum absolute atomic E-state index is 0.0537. The lowest BCUT2D eigenvalue weighted by Crippen LogP contribution is -2.31. The molecule has 1 saturated carbocycles. The van der Waals surface area contributed by atoms with Gasteiger partial charge in [0.1, 0.15) is 12.4 Å². The van der Waals surface area contributed by atoms with Gasteiger partial charge in [0.15, 0.2) is 0 Å². The molecule has 1 fully saturated rings. The first kappa shape index (κ1) is 13.0. The van der Waals surface area contributed by atoms with Gasteiger partial charge in [-0.1, -0.05) is 6.92 Å². The van der Waals surface area contributed by atoms with Gasteiger partial charge in [0.2, 0.25) is 0 Å². The van der Waals surface area contributed by atoms with Crippen molar-refractivity contribution in [2.75, 3.05) is 13.1 Å². The molecule has 0 aromatic carbocycles. The molecule has 1 aliphatic rings. The number of hydrogen-bond acceptors (Lipinski definition) is 5. The fraction of sp³-hybridized carbons (Fsp3) is 0.727. The van der Waals surface area contributed by atoms with E-state index >= 15 is 0 Å². The van der Waals surface area contributed by atoms with E-state index in [1.54, 1.807) is 0 Å². The van der Waals surface area contributed by atoms with E-state index in [0.717, 1.165) is 18.4 Å². The van der Waals surface area contributed by atoms with E-state index < -0.39 is 11.0 Å². The summed E-state index contributed by atoms with van der Waals surface area (Å²) in [4.78, 5) is 9.96. The molecule has 0 aliphatic heterocycles. The zero-order valence-electron chi connectivity index (χ0n) is 10.3. The van der Waals surface area contributed by atoms with Crippen LogP contribution in [0.15, 0.2) is 12.4 Å². The Balaban J connectivity index is 1.69. The van der Waals surface area contributed by atoms with Gasteiger partial charge >= 0.3 is 5.69 Å². The highest BCUT2D eigenvalue weighted by Gasteiger charge is 2.31. The molecule has 3 unspecified atom stereocenters. The standard InChI is InChI=1S/C11H18N4O3/c1-8-2-9(8)3-12-5-11(16)7-14-6-10(4-13-14)15(17)18/h4,6,8-9,11-12,16H,2-3,5,7H2,1H3. The lowest BCUT2D eigenvalue weighted by molar-refractivity contribution is -0.385. The molecular weight excluding hydrogens is 236 g/mol. The number of nitrogens with one attached hydrogen (secondary N) is 1. The maximum atomic E-state index is 10.5. The van der Waals surface area contributed by atoms with Crippen molar-refractivity contribution in [3.63, 3.8) is 0 Å². The average Bonchev–Trinajstić information content (AvgIpc) is 2.81. The fourth-order valence-electron chi connectivity index (χ4n) is 1.95. The molecule has 1 aromatic rings. The second-order valence-corrected chi connectivity index (χ2v) is 4.96. The molecule has 0 spiro atoms. The third-order valence-electron chi connectivity index (χ3n) is 3.29. The Kier molecular flexibility index (Phi) is 3.93. The Morgan fingerprint density at radius 2 is 2.50 bits per heavy atom. The summed E-state index contributed by atoms with van der Waals surface area (Å²) >= 11 is 0. The summed E-state index contributed by atoms with van der Waals surface area (Å²) in [5.74, 6) is 1.53. The highest BCUT2D eigenvalue weighted by Crippen LogP contribution is 2.36. The summed E-state index contributed by atoms with van der Waals surface area (Å²) in [6, 6.07) is 0. The lowest BCUT2D eigenvalue weighted by atomic mass is 10.3. The first-order valence-electron chi connectivity index (χ1n) is 6.12. The van der Waals surface area contributed by atoms with Crippen molar-refractivity contribution in [2.24, 2.45) is 11.8 Å². The molecule has 2 N–H and O–H groups in total. The van der Waals surface area contributed by atoms with Crippen LogP contribution in [0.4, 0.5) is 5.69 Å². The molecule has 1 aliphatic carbocycles. The van der Waals surface area contributed by atoms with Crippen LogP contribution >= 0.6 is 0 Å². The normalized spacial score (nSPS) is 23.9. The van der Waals surface area contributed by atoms with E-state index in [1.807, 2.05) is 0 Å². The van der Waals surface area contributed by atoms with Gasteiger partial charge in [-0.3, -0.25) is 14.8 Å². The van der Waals surface area contributed by atoms with Crippen molar-refractivity contribution in [2.45, 2.75) is 26.0 Å². The molecule has 0 bridgehead atoms. The Morgan fingerprint density at radius 1 is 1.78 bits per heavy atom. The highest BCUT2D eigenvalue weighted by molar-refractivity contribution is 5.20. The first-order chi connectivity index (χ1) is 8.56. The van der Waals surface area contributed by atoms with E-state index in [9.17, 15) is 15.2 Å². The molecule has 1 aromatic heterocycles. The zero-order valence-corrected chi connectivity index (χ0v) is 10.3. The Morgan fingerprint density at radius 3 is 3.06 bits per heavy atom. The van der Waals surface area contributed by atoms with Gasteiger partial charge in [-0.05, 0) is 24.8 Å². The smallest absolute Gasteiger partial charge is 0.306 e. The minimum atomic E-state index is -0.585. The topological polar surface area (TPSA) is 93.2 Å². The van der Waals surface area contributed by atoms with Crippen LogP contribution in [0.2, 0.25) is 0 Å². The number of aromatic nitrogens is 2. The zero-order chi connectivity index (χ0) is 13.1. The largest absolute Gasteiger partial charge is 0.390 e. The van der Waals surface area contributed by atoms with Crippen LogP contribution in [0, 0.1) is 22.0 Å². The van der Waals surface area contributed by atoms with Crippen LogP contribution in [-0.4, -0.2) is 39.0 Å². The van der Waals surface area contributed by atoms with E-state index in [4.69, 9.17) is 0 Å². The van der Waals surface area contributed by atoms with Crippen LogP contribution in [0.3, 0.4) is 0 Å². The first-order valence-corrected chi connectivity index (χ1v) is 6.12. The van der Waals surface area contributed by atoms with E-state index in [0.29, 0.717) is 6.54 Å². The van der Waals surface area contributed by atoms with Crippen molar-refractivity contribution >= 4 is 5.69 Å². The fourth-order valence-corrected chi connectivity index (χ4v) is 1.95. The van der Waals surface area contributed by atoms with Gasteiger partial charge in [0, 0.05) is 6.54 Å². The minimum Gasteiger partial charge on any atom is -0.390 e. The SMILES string of the molecule is CC1CC1CNCC(O)Cn1cc([N+](=O)[O-])cn1. The Bertz CT molecular complexity index is 420. The summed E-state index contributed by atoms with van der Waals surface area (Å²) in [7, 11) is 0. The van der Waals surface area contributed by atoms with Crippen molar-refractivity contribution in [1.29, 1.82) is 0 Å². The van der Waals surface area contributed by atoms with Crippen LogP contribution < -0.4 is 5.32 Å². The van der Waals surface area contributed by atoms with Gasteiger partial charge in [-0.15, -0.1) is 0 Å². The number of aliphatic hydroxyl groups excluding tert-OH is 1. The second-order valence-electron chi connectivity index (χ2n) is 4.96. The van der Waals surface area contributed by atoms with Crippen molar-refractivity contribution in [1.82, 2.24) is 15.1 Å². The van der Waals surface area contributed by atoms with Crippen LogP contribution in [-0.2, 0) is 6.54 Å². The van der Waals surface area contributed by atoms with Crippen LogP contribution in [0.1, 0.15) is 13.3 Å². The van der Waals surface area contributed by atoms with Gasteiger partial charge in [0.05, 0.1) is 17.6 Å². The van der Waals surface area contributed by atoms with Gasteiger partial charge in [-0.25, -0.2) is 0 Å². The highest BCUT2D eigenvalue weighted by atomic mass is 16.6. The molecule has 3 atom stereocenters. The third kappa shape index (κ3) is 3.51. The quantitative estimate of drug-likeness (QED) is 0.542. The molecule has 100 valence electrons. The molecule has 0 amide bonds. The number of aliphatic hydroxyl groups is 1. The Labute approximate surface area is 105 Å². The van der Waals surface area contributed by atoms with E-state index in [-0.39, 0.29) is 12.2 Å².